The van der Waals surface area contributed by atoms with Gasteiger partial charge in [0.15, 0.2) is 11.8 Å². The van der Waals surface area contributed by atoms with Crippen LogP contribution in [0.2, 0.25) is 0 Å². The number of para-hydroxylation sites is 1. The van der Waals surface area contributed by atoms with Gasteiger partial charge in [-0.05, 0) is 61.2 Å². The molecule has 1 aliphatic rings. The van der Waals surface area contributed by atoms with Crippen LogP contribution in [0.15, 0.2) is 70.9 Å². The summed E-state index contributed by atoms with van der Waals surface area (Å²) in [6, 6.07) is 17.4. The lowest BCUT2D eigenvalue weighted by atomic mass is 10.0. The number of aryl methyl sites for hydroxylation is 2. The third-order valence-corrected chi connectivity index (χ3v) is 6.03. The highest BCUT2D eigenvalue weighted by atomic mass is 16.5. The molecule has 3 aromatic carbocycles. The topological polar surface area (TPSA) is 124 Å². The first-order valence-electron chi connectivity index (χ1n) is 11.2. The lowest BCUT2D eigenvalue weighted by Crippen LogP contribution is -2.28. The number of anilines is 2. The van der Waals surface area contributed by atoms with E-state index in [1.807, 2.05) is 32.0 Å². The highest BCUT2D eigenvalue weighted by Crippen LogP contribution is 2.36. The zero-order valence-electron chi connectivity index (χ0n) is 20.3. The molecule has 1 unspecified atom stereocenters. The van der Waals surface area contributed by atoms with Gasteiger partial charge >= 0.3 is 11.9 Å². The van der Waals surface area contributed by atoms with Gasteiger partial charge in [0.25, 0.3) is 0 Å². The number of phenols is 1. The number of nitrogens with one attached hydrogen (secondary N) is 1. The van der Waals surface area contributed by atoms with Crippen molar-refractivity contribution in [1.82, 2.24) is 0 Å². The number of hydrogen-bond donors (Lipinski definition) is 3. The Morgan fingerprint density at radius 1 is 1.06 bits per heavy atom. The van der Waals surface area contributed by atoms with Crippen LogP contribution in [0.3, 0.4) is 0 Å². The van der Waals surface area contributed by atoms with Crippen molar-refractivity contribution in [2.45, 2.75) is 26.9 Å². The number of aliphatic carboxylic acids is 1. The lowest BCUT2D eigenvalue weighted by molar-refractivity contribution is -0.148. The van der Waals surface area contributed by atoms with Crippen LogP contribution >= 0.6 is 0 Å². The van der Waals surface area contributed by atoms with Crippen molar-refractivity contribution in [3.63, 3.8) is 0 Å². The Morgan fingerprint density at radius 2 is 1.78 bits per heavy atom. The van der Waals surface area contributed by atoms with Crippen molar-refractivity contribution in [2.24, 2.45) is 10.2 Å². The number of carboxylic acid groups (broad SMARTS) is 1. The van der Waals surface area contributed by atoms with Gasteiger partial charge in [-0.15, -0.1) is 0 Å². The number of carbonyl (C=O) groups excluding carboxylic acids is 1. The molecule has 0 saturated heterocycles. The third-order valence-electron chi connectivity index (χ3n) is 6.03. The first-order chi connectivity index (χ1) is 17.2. The number of ether oxygens (including phenoxy) is 1. The van der Waals surface area contributed by atoms with Crippen molar-refractivity contribution in [3.8, 4) is 16.9 Å². The molecule has 1 amide bonds. The molecule has 0 bridgehead atoms. The second-order valence-electron chi connectivity index (χ2n) is 8.42. The number of nitrogens with zero attached hydrogens (tertiary/aromatic N) is 3. The number of benzene rings is 3. The first-order valence-corrected chi connectivity index (χ1v) is 11.2. The van der Waals surface area contributed by atoms with Crippen LogP contribution in [-0.2, 0) is 14.3 Å². The zero-order chi connectivity index (χ0) is 26.0. The number of rotatable bonds is 7. The number of aromatic hydroxyl groups is 1. The fourth-order valence-electron chi connectivity index (χ4n) is 3.86. The van der Waals surface area contributed by atoms with E-state index < -0.39 is 12.1 Å². The molecule has 9 heteroatoms. The number of phenolic OH excluding ortho intramolecular Hbond substituents is 1. The summed E-state index contributed by atoms with van der Waals surface area (Å²) in [5.74, 6) is -1.53. The summed E-state index contributed by atoms with van der Waals surface area (Å²) in [7, 11) is 1.33. The Hall–Kier alpha value is -4.50. The van der Waals surface area contributed by atoms with E-state index in [9.17, 15) is 19.8 Å². The largest absolute Gasteiger partial charge is 0.505 e. The number of carboxylic acids is 1. The summed E-state index contributed by atoms with van der Waals surface area (Å²) >= 11 is 0. The van der Waals surface area contributed by atoms with Crippen LogP contribution in [0.5, 0.6) is 5.75 Å². The SMILES string of the molecule is COC(C(=O)O)c1ccc(-c2cccc(NN=C3C(=O)N(c4ccc(C)c(C)c4)N=C3C)c2O)cc1. The van der Waals surface area contributed by atoms with Gasteiger partial charge < -0.3 is 14.9 Å². The smallest absolute Gasteiger partial charge is 0.337 e. The second-order valence-corrected chi connectivity index (χ2v) is 8.42. The van der Waals surface area contributed by atoms with Gasteiger partial charge in [-0.25, -0.2) is 4.79 Å². The van der Waals surface area contributed by atoms with E-state index in [-0.39, 0.29) is 17.4 Å². The van der Waals surface area contributed by atoms with Gasteiger partial charge in [0.1, 0.15) is 5.75 Å². The number of hydrogen-bond acceptors (Lipinski definition) is 7. The molecule has 3 N–H and O–H groups in total. The molecule has 4 rings (SSSR count). The lowest BCUT2D eigenvalue weighted by Gasteiger charge is -2.14. The predicted molar refractivity (Wildman–Crippen MR) is 138 cm³/mol. The normalized spacial score (nSPS) is 15.2. The van der Waals surface area contributed by atoms with Crippen LogP contribution in [0.4, 0.5) is 11.4 Å². The van der Waals surface area contributed by atoms with Crippen molar-refractivity contribution in [1.29, 1.82) is 0 Å². The van der Waals surface area contributed by atoms with Crippen LogP contribution in [0, 0.1) is 13.8 Å². The highest BCUT2D eigenvalue weighted by Gasteiger charge is 2.31. The molecule has 0 saturated carbocycles. The third kappa shape index (κ3) is 4.69. The maximum Gasteiger partial charge on any atom is 0.337 e. The van der Waals surface area contributed by atoms with Crippen LogP contribution in [0.25, 0.3) is 11.1 Å². The molecule has 0 aliphatic carbocycles. The Morgan fingerprint density at radius 3 is 2.42 bits per heavy atom. The molecule has 184 valence electrons. The standard InChI is InChI=1S/C27H26N4O5/c1-15-8-13-20(14-16(15)2)31-26(33)23(17(3)30-31)29-28-22-7-5-6-21(24(22)32)18-9-11-19(12-10-18)25(36-4)27(34)35/h5-14,25,28,32H,1-4H3,(H,34,35). The van der Waals surface area contributed by atoms with Gasteiger partial charge in [0.05, 0.1) is 17.1 Å². The van der Waals surface area contributed by atoms with Gasteiger partial charge in [-0.2, -0.15) is 15.2 Å². The van der Waals surface area contributed by atoms with Crippen LogP contribution in [-0.4, -0.2) is 40.6 Å². The van der Waals surface area contributed by atoms with Gasteiger partial charge in [0, 0.05) is 12.7 Å². The molecule has 0 radical (unpaired) electrons. The van der Waals surface area contributed by atoms with E-state index in [0.29, 0.717) is 33.8 Å². The van der Waals surface area contributed by atoms with Gasteiger partial charge in [0.2, 0.25) is 0 Å². The minimum atomic E-state index is -1.09. The minimum Gasteiger partial charge on any atom is -0.505 e. The Kier molecular flexibility index (Phi) is 6.84. The fraction of sp³-hybridized carbons (Fsp3) is 0.185. The van der Waals surface area contributed by atoms with Crippen molar-refractivity contribution in [2.75, 3.05) is 17.5 Å². The Balaban J connectivity index is 1.56. The predicted octanol–water partition coefficient (Wildman–Crippen LogP) is 4.64. The molecule has 1 aliphatic heterocycles. The summed E-state index contributed by atoms with van der Waals surface area (Å²) in [4.78, 5) is 24.3. The maximum absolute atomic E-state index is 13.0. The molecule has 0 spiro atoms. The highest BCUT2D eigenvalue weighted by molar-refractivity contribution is 6.71. The fourth-order valence-corrected chi connectivity index (χ4v) is 3.86. The van der Waals surface area contributed by atoms with E-state index in [0.717, 1.165) is 11.1 Å². The number of carbonyl (C=O) groups is 2. The molecule has 1 atom stereocenters. The molecule has 1 heterocycles. The Bertz CT molecular complexity index is 1400. The van der Waals surface area contributed by atoms with Crippen molar-refractivity contribution >= 4 is 34.7 Å². The summed E-state index contributed by atoms with van der Waals surface area (Å²) in [5, 5.41) is 30.0. The molecule has 9 nitrogen and oxygen atoms in total. The van der Waals surface area contributed by atoms with E-state index in [1.165, 1.54) is 12.1 Å². The number of hydrazone groups is 2. The molecule has 0 aromatic heterocycles. The summed E-state index contributed by atoms with van der Waals surface area (Å²) in [5.41, 5.74) is 8.15. The molecular weight excluding hydrogens is 460 g/mol. The van der Waals surface area contributed by atoms with Gasteiger partial charge in [-0.1, -0.05) is 42.5 Å². The minimum absolute atomic E-state index is 0.0674. The van der Waals surface area contributed by atoms with Crippen molar-refractivity contribution in [3.05, 3.63) is 77.4 Å². The average molecular weight is 487 g/mol. The number of methoxy groups -OCH3 is 1. The molecular formula is C27H26N4O5. The maximum atomic E-state index is 13.0. The van der Waals surface area contributed by atoms with Gasteiger partial charge in [-0.3, -0.25) is 10.2 Å². The van der Waals surface area contributed by atoms with E-state index in [1.54, 1.807) is 49.4 Å². The second kappa shape index (κ2) is 10.0. The molecule has 3 aromatic rings. The average Bonchev–Trinajstić information content (AvgIpc) is 3.14. The summed E-state index contributed by atoms with van der Waals surface area (Å²) < 4.78 is 5.02. The zero-order valence-corrected chi connectivity index (χ0v) is 20.3. The van der Waals surface area contributed by atoms with Crippen LogP contribution in [0.1, 0.15) is 29.7 Å². The monoisotopic (exact) mass is 486 g/mol. The summed E-state index contributed by atoms with van der Waals surface area (Å²) in [6.45, 7) is 5.66. The molecule has 0 fully saturated rings. The van der Waals surface area contributed by atoms with E-state index >= 15 is 0 Å². The van der Waals surface area contributed by atoms with E-state index in [4.69, 9.17) is 4.74 Å². The summed E-state index contributed by atoms with van der Waals surface area (Å²) in [6.07, 6.45) is -1.08. The number of amides is 1. The van der Waals surface area contributed by atoms with E-state index in [2.05, 4.69) is 15.6 Å². The first kappa shape index (κ1) is 24.6. The quantitative estimate of drug-likeness (QED) is 0.330. The van der Waals surface area contributed by atoms with Crippen molar-refractivity contribution < 1.29 is 24.5 Å². The van der Waals surface area contributed by atoms with Crippen LogP contribution < -0.4 is 10.4 Å². The molecule has 36 heavy (non-hydrogen) atoms. The Labute approximate surface area is 208 Å².